The van der Waals surface area contributed by atoms with Crippen LogP contribution < -0.4 is 0 Å². The van der Waals surface area contributed by atoms with E-state index in [4.69, 9.17) is 0 Å². The highest BCUT2D eigenvalue weighted by molar-refractivity contribution is 7.87. The zero-order valence-corrected chi connectivity index (χ0v) is 31.0. The van der Waals surface area contributed by atoms with E-state index < -0.39 is 15.1 Å². The lowest BCUT2D eigenvalue weighted by molar-refractivity contribution is -0.921. The summed E-state index contributed by atoms with van der Waals surface area (Å²) in [5, 5.41) is -2.56. The molecule has 0 aromatic carbocycles. The summed E-state index contributed by atoms with van der Waals surface area (Å²) >= 11 is 0. The third kappa shape index (κ3) is 25.7. The van der Waals surface area contributed by atoms with Crippen LogP contribution in [0.5, 0.6) is 0 Å². The fourth-order valence-electron chi connectivity index (χ4n) is 6.18. The molecule has 6 heteroatoms. The first-order chi connectivity index (χ1) is 20.6. The van der Waals surface area contributed by atoms with E-state index in [0.29, 0.717) is 12.8 Å². The van der Waals surface area contributed by atoms with Gasteiger partial charge in [0.25, 0.3) is 0 Å². The van der Waals surface area contributed by atoms with Gasteiger partial charge in [0, 0.05) is 0 Å². The molecule has 0 aliphatic heterocycles. The van der Waals surface area contributed by atoms with Gasteiger partial charge in [-0.3, -0.25) is 0 Å². The number of quaternary nitrogens is 1. The minimum absolute atomic E-state index is 0.131. The third-order valence-electron chi connectivity index (χ3n) is 9.94. The van der Waals surface area contributed by atoms with Crippen LogP contribution in [-0.4, -0.2) is 48.6 Å². The molecule has 0 aliphatic rings. The molecule has 0 saturated heterocycles. The first-order valence-electron chi connectivity index (χ1n) is 19.1. The quantitative estimate of drug-likeness (QED) is 0.0432. The van der Waals surface area contributed by atoms with Crippen LogP contribution in [0.3, 0.4) is 0 Å². The van der Waals surface area contributed by atoms with Crippen LogP contribution in [-0.2, 0) is 10.1 Å². The molecule has 0 radical (unpaired) electrons. The Morgan fingerprint density at radius 3 is 0.814 bits per heavy atom. The summed E-state index contributed by atoms with van der Waals surface area (Å²) in [6.07, 6.45) is 27.6. The number of halogens is 1. The van der Waals surface area contributed by atoms with Gasteiger partial charge in [-0.25, -0.2) is 12.8 Å². The largest absolute Gasteiger partial charge is 0.745 e. The van der Waals surface area contributed by atoms with Crippen LogP contribution in [0, 0.1) is 0 Å². The fraction of sp³-hybridized carbons (Fsp3) is 1.00. The Morgan fingerprint density at radius 1 is 0.442 bits per heavy atom. The van der Waals surface area contributed by atoms with Crippen molar-refractivity contribution in [2.45, 2.75) is 213 Å². The number of hydrogen-bond donors (Lipinski definition) is 0. The Hall–Kier alpha value is -0.200. The van der Waals surface area contributed by atoms with Crippen molar-refractivity contribution in [1.29, 1.82) is 0 Å². The molecular weight excluding hydrogens is 557 g/mol. The van der Waals surface area contributed by atoms with Gasteiger partial charge in [-0.1, -0.05) is 155 Å². The molecule has 0 N–H and O–H groups in total. The van der Waals surface area contributed by atoms with Gasteiger partial charge in [0.2, 0.25) is 0 Å². The van der Waals surface area contributed by atoms with Gasteiger partial charge < -0.3 is 9.04 Å². The van der Waals surface area contributed by atoms with E-state index in [1.807, 2.05) is 0 Å². The molecule has 0 rings (SSSR count). The van der Waals surface area contributed by atoms with Crippen LogP contribution in [0.25, 0.3) is 0 Å². The van der Waals surface area contributed by atoms with Gasteiger partial charge in [-0.2, -0.15) is 0 Å². The maximum Gasteiger partial charge on any atom is 0.199 e. The molecule has 0 saturated carbocycles. The molecule has 0 heterocycles. The Morgan fingerprint density at radius 2 is 0.651 bits per heavy atom. The minimum atomic E-state index is -4.91. The van der Waals surface area contributed by atoms with E-state index in [-0.39, 0.29) is 12.8 Å². The standard InChI is InChI=1S/C29H59FO3S.C8H20N/c1-3-5-7-9-11-13-14-15-16-17-18-19-20-22-24-26-28-29(30,34(31,32)33)27-25-23-21-12-10-8-6-4-2;1-5-9(6-2,7-3)8-4/h3-28H2,1-2H3,(H,31,32,33);5-8H2,1-4H3/q;+1/p-1. The highest BCUT2D eigenvalue weighted by atomic mass is 32.2. The molecule has 0 aromatic rings. The second-order valence-corrected chi connectivity index (χ2v) is 14.9. The van der Waals surface area contributed by atoms with Gasteiger partial charge in [0.05, 0.1) is 26.2 Å². The summed E-state index contributed by atoms with van der Waals surface area (Å²) < 4.78 is 50.9. The second-order valence-electron chi connectivity index (χ2n) is 13.2. The van der Waals surface area contributed by atoms with Crippen molar-refractivity contribution in [2.24, 2.45) is 0 Å². The lowest BCUT2D eigenvalue weighted by Crippen LogP contribution is -2.47. The average Bonchev–Trinajstić information content (AvgIpc) is 2.99. The van der Waals surface area contributed by atoms with E-state index in [1.165, 1.54) is 133 Å². The van der Waals surface area contributed by atoms with Crippen LogP contribution in [0.4, 0.5) is 4.39 Å². The predicted octanol–water partition coefficient (Wildman–Crippen LogP) is 12.3. The molecule has 43 heavy (non-hydrogen) atoms. The Kier molecular flexibility index (Phi) is 31.8. The topological polar surface area (TPSA) is 57.2 Å². The molecule has 1 atom stereocenters. The Bertz CT molecular complexity index is 651. The van der Waals surface area contributed by atoms with Crippen LogP contribution in [0.2, 0.25) is 0 Å². The molecule has 0 aromatic heterocycles. The van der Waals surface area contributed by atoms with E-state index in [0.717, 1.165) is 38.5 Å². The van der Waals surface area contributed by atoms with Crippen LogP contribution in [0.1, 0.15) is 208 Å². The maximum absolute atomic E-state index is 15.0. The number of nitrogens with zero attached hydrogens (tertiary/aromatic N) is 1. The van der Waals surface area contributed by atoms with Crippen LogP contribution in [0.15, 0.2) is 0 Å². The highest BCUT2D eigenvalue weighted by Gasteiger charge is 2.36. The first-order valence-corrected chi connectivity index (χ1v) is 20.5. The summed E-state index contributed by atoms with van der Waals surface area (Å²) in [6.45, 7) is 18.7. The van der Waals surface area contributed by atoms with E-state index in [2.05, 4.69) is 41.5 Å². The van der Waals surface area contributed by atoms with Gasteiger partial charge >= 0.3 is 0 Å². The van der Waals surface area contributed by atoms with Crippen molar-refractivity contribution in [3.63, 3.8) is 0 Å². The number of alkyl halides is 1. The zero-order chi connectivity index (χ0) is 32.7. The summed E-state index contributed by atoms with van der Waals surface area (Å²) in [4.78, 5) is 0. The van der Waals surface area contributed by atoms with E-state index in [9.17, 15) is 17.4 Å². The lowest BCUT2D eigenvalue weighted by Gasteiger charge is -2.34. The molecular formula is C37H78FNO3S. The molecule has 0 spiro atoms. The van der Waals surface area contributed by atoms with Crippen molar-refractivity contribution in [3.8, 4) is 0 Å². The lowest BCUT2D eigenvalue weighted by atomic mass is 10.0. The van der Waals surface area contributed by atoms with Crippen molar-refractivity contribution in [2.75, 3.05) is 26.2 Å². The monoisotopic (exact) mass is 636 g/mol. The van der Waals surface area contributed by atoms with Crippen molar-refractivity contribution in [1.82, 2.24) is 0 Å². The Labute approximate surface area is 271 Å². The molecule has 0 fully saturated rings. The summed E-state index contributed by atoms with van der Waals surface area (Å²) in [6, 6.07) is 0. The van der Waals surface area contributed by atoms with Gasteiger partial charge in [-0.15, -0.1) is 0 Å². The van der Waals surface area contributed by atoms with E-state index >= 15 is 0 Å². The Balaban J connectivity index is 0. The highest BCUT2D eigenvalue weighted by Crippen LogP contribution is 2.32. The van der Waals surface area contributed by atoms with Crippen molar-refractivity contribution < 1.29 is 21.8 Å². The van der Waals surface area contributed by atoms with Crippen molar-refractivity contribution >= 4 is 10.1 Å². The smallest absolute Gasteiger partial charge is 0.199 e. The number of rotatable bonds is 31. The van der Waals surface area contributed by atoms with Gasteiger partial charge in [-0.05, 0) is 53.4 Å². The summed E-state index contributed by atoms with van der Waals surface area (Å²) in [7, 11) is -4.91. The normalized spacial score (nSPS) is 13.5. The molecule has 1 unspecified atom stereocenters. The molecule has 262 valence electrons. The molecule has 0 bridgehead atoms. The molecule has 0 aliphatic carbocycles. The zero-order valence-electron chi connectivity index (χ0n) is 30.2. The van der Waals surface area contributed by atoms with E-state index in [1.54, 1.807) is 0 Å². The fourth-order valence-corrected chi connectivity index (χ4v) is 6.97. The van der Waals surface area contributed by atoms with Crippen LogP contribution >= 0.6 is 0 Å². The molecule has 4 nitrogen and oxygen atoms in total. The van der Waals surface area contributed by atoms with Gasteiger partial charge in [0.1, 0.15) is 10.1 Å². The minimum Gasteiger partial charge on any atom is -0.745 e. The number of hydrogen-bond acceptors (Lipinski definition) is 3. The average molecular weight is 636 g/mol. The van der Waals surface area contributed by atoms with Crippen molar-refractivity contribution in [3.05, 3.63) is 0 Å². The summed E-state index contributed by atoms with van der Waals surface area (Å²) in [5.74, 6) is 0. The van der Waals surface area contributed by atoms with Gasteiger partial charge in [0.15, 0.2) is 5.00 Å². The predicted molar refractivity (Wildman–Crippen MR) is 187 cm³/mol. The number of unbranched alkanes of at least 4 members (excludes halogenated alkanes) is 22. The second kappa shape index (κ2) is 30.5. The third-order valence-corrected chi connectivity index (χ3v) is 11.2. The maximum atomic E-state index is 15.0. The first kappa shape index (κ1) is 44.9. The SMILES string of the molecule is CCCCCCCCCCCCCCCCCCC(F)(CCCCCCCCCC)S(=O)(=O)[O-].CC[N+](CC)(CC)CC. The summed E-state index contributed by atoms with van der Waals surface area (Å²) in [5.41, 5.74) is 0. The molecule has 0 amide bonds.